The number of hydrogen-bond donors (Lipinski definition) is 2. The maximum atomic E-state index is 12.4. The molecule has 0 radical (unpaired) electrons. The fourth-order valence-corrected chi connectivity index (χ4v) is 2.16. The third-order valence-electron chi connectivity index (χ3n) is 3.40. The summed E-state index contributed by atoms with van der Waals surface area (Å²) in [6.07, 6.45) is 3.35. The molecular weight excluding hydrogens is 282 g/mol. The average molecular weight is 303 g/mol. The molecule has 2 N–H and O–H groups in total. The van der Waals surface area contributed by atoms with Gasteiger partial charge in [-0.05, 0) is 24.8 Å². The molecule has 2 aromatic heterocycles. The van der Waals surface area contributed by atoms with E-state index in [-0.39, 0.29) is 17.0 Å². The number of ether oxygens (including phenoxy) is 1. The average Bonchev–Trinajstić information content (AvgIpc) is 2.51. The van der Waals surface area contributed by atoms with E-state index >= 15 is 0 Å². The highest BCUT2D eigenvalue weighted by atomic mass is 16.5. The highest BCUT2D eigenvalue weighted by molar-refractivity contribution is 5.96. The second kappa shape index (κ2) is 7.06. The normalized spacial score (nSPS) is 10.9. The van der Waals surface area contributed by atoms with E-state index in [1.54, 1.807) is 12.1 Å². The van der Waals surface area contributed by atoms with E-state index in [4.69, 9.17) is 4.74 Å². The molecule has 0 aliphatic rings. The van der Waals surface area contributed by atoms with Gasteiger partial charge in [0.05, 0.1) is 12.6 Å². The van der Waals surface area contributed by atoms with E-state index in [1.807, 2.05) is 0 Å². The maximum absolute atomic E-state index is 12.4. The zero-order valence-electron chi connectivity index (χ0n) is 13.1. The Morgan fingerprint density at radius 3 is 2.86 bits per heavy atom. The second-order valence-electron chi connectivity index (χ2n) is 5.57. The van der Waals surface area contributed by atoms with Gasteiger partial charge in [-0.25, -0.2) is 4.98 Å². The summed E-state index contributed by atoms with van der Waals surface area (Å²) in [6.45, 7) is 4.82. The van der Waals surface area contributed by atoms with Crippen LogP contribution in [0.2, 0.25) is 0 Å². The third-order valence-corrected chi connectivity index (χ3v) is 3.40. The number of fused-ring (bicyclic) bond motifs is 1. The van der Waals surface area contributed by atoms with Crippen LogP contribution in [0, 0.1) is 5.92 Å². The number of rotatable bonds is 6. The van der Waals surface area contributed by atoms with Crippen LogP contribution in [0.3, 0.4) is 0 Å². The predicted molar refractivity (Wildman–Crippen MR) is 85.3 cm³/mol. The summed E-state index contributed by atoms with van der Waals surface area (Å²) < 4.78 is 5.02. The molecule has 0 bridgehead atoms. The fourth-order valence-electron chi connectivity index (χ4n) is 2.16. The Kier molecular flexibility index (Phi) is 5.14. The molecule has 2 rings (SSSR count). The van der Waals surface area contributed by atoms with Gasteiger partial charge in [-0.3, -0.25) is 9.59 Å². The van der Waals surface area contributed by atoms with Gasteiger partial charge < -0.3 is 15.0 Å². The van der Waals surface area contributed by atoms with Crippen molar-refractivity contribution in [1.82, 2.24) is 15.3 Å². The van der Waals surface area contributed by atoms with E-state index in [0.29, 0.717) is 23.9 Å². The van der Waals surface area contributed by atoms with Gasteiger partial charge in [0, 0.05) is 18.8 Å². The van der Waals surface area contributed by atoms with Gasteiger partial charge in [0.1, 0.15) is 11.1 Å². The van der Waals surface area contributed by atoms with Gasteiger partial charge in [-0.15, -0.1) is 0 Å². The van der Waals surface area contributed by atoms with Crippen LogP contribution in [0.5, 0.6) is 5.88 Å². The highest BCUT2D eigenvalue weighted by Gasteiger charge is 2.14. The number of aromatic nitrogens is 2. The molecule has 0 spiro atoms. The molecule has 6 heteroatoms. The van der Waals surface area contributed by atoms with E-state index in [9.17, 15) is 9.59 Å². The highest BCUT2D eigenvalue weighted by Crippen LogP contribution is 2.12. The second-order valence-corrected chi connectivity index (χ2v) is 5.57. The van der Waals surface area contributed by atoms with Crippen molar-refractivity contribution in [2.45, 2.75) is 26.7 Å². The minimum absolute atomic E-state index is 0.0674. The lowest BCUT2D eigenvalue weighted by Gasteiger charge is -2.07. The lowest BCUT2D eigenvalue weighted by Crippen LogP contribution is -2.30. The molecule has 0 aliphatic carbocycles. The summed E-state index contributed by atoms with van der Waals surface area (Å²) in [5.41, 5.74) is 0.447. The van der Waals surface area contributed by atoms with E-state index in [1.165, 1.54) is 13.3 Å². The number of H-pyrrole nitrogens is 1. The zero-order chi connectivity index (χ0) is 16.1. The minimum Gasteiger partial charge on any atom is -0.481 e. The summed E-state index contributed by atoms with van der Waals surface area (Å²) >= 11 is 0. The van der Waals surface area contributed by atoms with Crippen LogP contribution in [0.15, 0.2) is 23.1 Å². The minimum atomic E-state index is -0.394. The van der Waals surface area contributed by atoms with Crippen LogP contribution in [0.4, 0.5) is 0 Å². The molecule has 22 heavy (non-hydrogen) atoms. The molecule has 0 unspecified atom stereocenters. The van der Waals surface area contributed by atoms with E-state index in [2.05, 4.69) is 29.1 Å². The molecule has 0 aromatic carbocycles. The van der Waals surface area contributed by atoms with Crippen molar-refractivity contribution in [3.8, 4) is 5.88 Å². The van der Waals surface area contributed by atoms with Gasteiger partial charge in [0.25, 0.3) is 5.91 Å². The van der Waals surface area contributed by atoms with Crippen molar-refractivity contribution in [1.29, 1.82) is 0 Å². The summed E-state index contributed by atoms with van der Waals surface area (Å²) in [7, 11) is 1.48. The van der Waals surface area contributed by atoms with Crippen LogP contribution in [0.1, 0.15) is 37.0 Å². The number of carbonyl (C=O) groups excluding carboxylic acids is 1. The first-order valence-corrected chi connectivity index (χ1v) is 7.37. The Balaban J connectivity index is 2.19. The van der Waals surface area contributed by atoms with Gasteiger partial charge in [0.15, 0.2) is 0 Å². The van der Waals surface area contributed by atoms with Crippen molar-refractivity contribution in [2.75, 3.05) is 13.7 Å². The number of nitrogens with zero attached hydrogens (tertiary/aromatic N) is 1. The first kappa shape index (κ1) is 16.0. The molecule has 6 nitrogen and oxygen atoms in total. The van der Waals surface area contributed by atoms with E-state index < -0.39 is 5.43 Å². The standard InChI is InChI=1S/C16H21N3O3/c1-10(2)5-4-8-17-16(21)11-9-18-12-6-7-13(22-3)19-14(12)15(11)20/h6-7,9-10H,4-5,8H2,1-3H3,(H,17,21)(H,18,20). The number of aromatic amines is 1. The number of hydrogen-bond acceptors (Lipinski definition) is 4. The van der Waals surface area contributed by atoms with Gasteiger partial charge in [-0.1, -0.05) is 13.8 Å². The smallest absolute Gasteiger partial charge is 0.256 e. The Morgan fingerprint density at radius 1 is 1.41 bits per heavy atom. The van der Waals surface area contributed by atoms with Crippen LogP contribution in [-0.2, 0) is 0 Å². The van der Waals surface area contributed by atoms with Gasteiger partial charge in [-0.2, -0.15) is 0 Å². The van der Waals surface area contributed by atoms with Crippen molar-refractivity contribution in [2.24, 2.45) is 5.92 Å². The molecule has 0 fully saturated rings. The summed E-state index contributed by atoms with van der Waals surface area (Å²) in [5, 5.41) is 2.77. The van der Waals surface area contributed by atoms with Crippen LogP contribution in [-0.4, -0.2) is 29.5 Å². The quantitative estimate of drug-likeness (QED) is 0.800. The van der Waals surface area contributed by atoms with Crippen LogP contribution < -0.4 is 15.5 Å². The molecule has 0 saturated heterocycles. The molecule has 2 aromatic rings. The number of methoxy groups -OCH3 is 1. The third kappa shape index (κ3) is 3.63. The summed E-state index contributed by atoms with van der Waals surface area (Å²) in [4.78, 5) is 31.5. The lowest BCUT2D eigenvalue weighted by molar-refractivity contribution is 0.0951. The van der Waals surface area contributed by atoms with Crippen LogP contribution >= 0.6 is 0 Å². The van der Waals surface area contributed by atoms with E-state index in [0.717, 1.165) is 12.8 Å². The number of amides is 1. The predicted octanol–water partition coefficient (Wildman–Crippen LogP) is 2.10. The molecule has 0 saturated carbocycles. The van der Waals surface area contributed by atoms with Crippen LogP contribution in [0.25, 0.3) is 11.0 Å². The monoisotopic (exact) mass is 303 g/mol. The summed E-state index contributed by atoms with van der Waals surface area (Å²) in [6, 6.07) is 3.36. The van der Waals surface area contributed by atoms with Crippen molar-refractivity contribution in [3.63, 3.8) is 0 Å². The van der Waals surface area contributed by atoms with Crippen molar-refractivity contribution < 1.29 is 9.53 Å². The summed E-state index contributed by atoms with van der Waals surface area (Å²) in [5.74, 6) is 0.557. The molecule has 0 aliphatic heterocycles. The molecule has 118 valence electrons. The lowest BCUT2D eigenvalue weighted by atomic mass is 10.1. The largest absolute Gasteiger partial charge is 0.481 e. The maximum Gasteiger partial charge on any atom is 0.256 e. The molecule has 2 heterocycles. The molecule has 1 amide bonds. The SMILES string of the molecule is COc1ccc2[nH]cc(C(=O)NCCCC(C)C)c(=O)c2n1. The topological polar surface area (TPSA) is 84.1 Å². The van der Waals surface area contributed by atoms with Crippen molar-refractivity contribution >= 4 is 16.9 Å². The van der Waals surface area contributed by atoms with Crippen molar-refractivity contribution in [3.05, 3.63) is 34.1 Å². The first-order chi connectivity index (χ1) is 10.5. The zero-order valence-corrected chi connectivity index (χ0v) is 13.1. The Bertz CT molecular complexity index is 722. The number of carbonyl (C=O) groups is 1. The molecular formula is C16H21N3O3. The van der Waals surface area contributed by atoms with Gasteiger partial charge in [0.2, 0.25) is 11.3 Å². The fraction of sp³-hybridized carbons (Fsp3) is 0.438. The Morgan fingerprint density at radius 2 is 2.18 bits per heavy atom. The van der Waals surface area contributed by atoms with Gasteiger partial charge >= 0.3 is 0 Å². The first-order valence-electron chi connectivity index (χ1n) is 7.37. The molecule has 0 atom stereocenters. The Hall–Kier alpha value is -2.37. The number of nitrogens with one attached hydrogen (secondary N) is 2. The Labute approximate surface area is 128 Å². The number of pyridine rings is 2.